The number of fused-ring (bicyclic) bond motifs is 1. The smallest absolute Gasteiger partial charge is 0.257 e. The molecule has 1 saturated carbocycles. The Morgan fingerprint density at radius 3 is 2.50 bits per heavy atom. The molecule has 0 spiro atoms. The monoisotopic (exact) mass is 469 g/mol. The predicted octanol–water partition coefficient (Wildman–Crippen LogP) is 7.13. The lowest BCUT2D eigenvalue weighted by Gasteiger charge is -2.29. The SMILES string of the molecule is O=C(Nc1nc(CN(Cc2ccccc2)CC2CCCCC2)cs1)c1ccc2ccccc2c1. The summed E-state index contributed by atoms with van der Waals surface area (Å²) in [4.78, 5) is 20.1. The molecule has 3 aromatic carbocycles. The topological polar surface area (TPSA) is 45.2 Å². The number of hydrogen-bond donors (Lipinski definition) is 1. The molecule has 1 aliphatic carbocycles. The van der Waals surface area contributed by atoms with Crippen molar-refractivity contribution in [1.82, 2.24) is 9.88 Å². The third kappa shape index (κ3) is 5.91. The highest BCUT2D eigenvalue weighted by Crippen LogP contribution is 2.26. The van der Waals surface area contributed by atoms with Crippen LogP contribution in [0.15, 0.2) is 78.2 Å². The largest absolute Gasteiger partial charge is 0.298 e. The third-order valence-corrected chi connectivity index (χ3v) is 7.47. The van der Waals surface area contributed by atoms with Crippen LogP contribution in [-0.2, 0) is 13.1 Å². The van der Waals surface area contributed by atoms with Gasteiger partial charge in [-0.1, -0.05) is 79.9 Å². The van der Waals surface area contributed by atoms with E-state index in [9.17, 15) is 4.79 Å². The fourth-order valence-electron chi connectivity index (χ4n) is 4.93. The maximum absolute atomic E-state index is 12.8. The van der Waals surface area contributed by atoms with E-state index in [1.165, 1.54) is 49.0 Å². The molecule has 34 heavy (non-hydrogen) atoms. The second-order valence-electron chi connectivity index (χ2n) is 9.32. The standard InChI is InChI=1S/C29H31N3OS/c33-28(26-16-15-24-13-7-8-14-25(24)17-26)31-29-30-27(21-34-29)20-32(18-22-9-3-1-4-10-22)19-23-11-5-2-6-12-23/h1,3-4,7-10,13-17,21,23H,2,5-6,11-12,18-20H2,(H,30,31,33). The summed E-state index contributed by atoms with van der Waals surface area (Å²) in [6.45, 7) is 2.83. The quantitative estimate of drug-likeness (QED) is 0.298. The number of rotatable bonds is 8. The molecular formula is C29H31N3OS. The Bertz CT molecular complexity index is 1230. The van der Waals surface area contributed by atoms with E-state index in [4.69, 9.17) is 4.98 Å². The van der Waals surface area contributed by atoms with Gasteiger partial charge in [-0.15, -0.1) is 11.3 Å². The van der Waals surface area contributed by atoms with Crippen molar-refractivity contribution in [1.29, 1.82) is 0 Å². The number of amides is 1. The van der Waals surface area contributed by atoms with Crippen LogP contribution in [0.5, 0.6) is 0 Å². The van der Waals surface area contributed by atoms with Crippen molar-refractivity contribution in [3.8, 4) is 0 Å². The van der Waals surface area contributed by atoms with Crippen LogP contribution in [0.1, 0.15) is 53.7 Å². The van der Waals surface area contributed by atoms with Crippen molar-refractivity contribution < 1.29 is 4.79 Å². The van der Waals surface area contributed by atoms with Crippen LogP contribution in [0.3, 0.4) is 0 Å². The summed E-state index contributed by atoms with van der Waals surface area (Å²) in [5.74, 6) is 0.651. The van der Waals surface area contributed by atoms with Crippen LogP contribution in [0.25, 0.3) is 10.8 Å². The Morgan fingerprint density at radius 1 is 0.912 bits per heavy atom. The number of nitrogens with one attached hydrogen (secondary N) is 1. The van der Waals surface area contributed by atoms with E-state index in [1.807, 2.05) is 36.4 Å². The fraction of sp³-hybridized carbons (Fsp3) is 0.310. The summed E-state index contributed by atoms with van der Waals surface area (Å²) >= 11 is 1.50. The van der Waals surface area contributed by atoms with Gasteiger partial charge in [0.25, 0.3) is 5.91 Å². The van der Waals surface area contributed by atoms with Crippen molar-refractivity contribution in [3.63, 3.8) is 0 Å². The average molecular weight is 470 g/mol. The number of aromatic nitrogens is 1. The second kappa shape index (κ2) is 10.9. The highest BCUT2D eigenvalue weighted by molar-refractivity contribution is 7.14. The van der Waals surface area contributed by atoms with Gasteiger partial charge in [-0.3, -0.25) is 15.0 Å². The van der Waals surface area contributed by atoms with E-state index >= 15 is 0 Å². The van der Waals surface area contributed by atoms with Gasteiger partial charge < -0.3 is 0 Å². The molecule has 0 bridgehead atoms. The summed E-state index contributed by atoms with van der Waals surface area (Å²) in [7, 11) is 0. The van der Waals surface area contributed by atoms with Gasteiger partial charge in [0.2, 0.25) is 0 Å². The van der Waals surface area contributed by atoms with Gasteiger partial charge in [-0.25, -0.2) is 4.98 Å². The van der Waals surface area contributed by atoms with Crippen molar-refractivity contribution in [3.05, 3.63) is 95.0 Å². The molecule has 4 nitrogen and oxygen atoms in total. The predicted molar refractivity (Wildman–Crippen MR) is 141 cm³/mol. The zero-order valence-corrected chi connectivity index (χ0v) is 20.3. The Kier molecular flexibility index (Phi) is 7.32. The van der Waals surface area contributed by atoms with E-state index < -0.39 is 0 Å². The van der Waals surface area contributed by atoms with Crippen molar-refractivity contribution in [2.75, 3.05) is 11.9 Å². The second-order valence-corrected chi connectivity index (χ2v) is 10.2. The van der Waals surface area contributed by atoms with Crippen LogP contribution in [0.4, 0.5) is 5.13 Å². The first-order valence-corrected chi connectivity index (χ1v) is 13.1. The van der Waals surface area contributed by atoms with Crippen molar-refractivity contribution >= 4 is 33.1 Å². The summed E-state index contributed by atoms with van der Waals surface area (Å²) in [5.41, 5.74) is 3.00. The molecule has 1 aromatic heterocycles. The molecule has 1 amide bonds. The lowest BCUT2D eigenvalue weighted by atomic mass is 9.89. The Labute approximate surface area is 205 Å². The van der Waals surface area contributed by atoms with E-state index in [0.717, 1.165) is 42.0 Å². The summed E-state index contributed by atoms with van der Waals surface area (Å²) in [6.07, 6.45) is 6.74. The van der Waals surface area contributed by atoms with Crippen LogP contribution in [0.2, 0.25) is 0 Å². The number of hydrogen-bond acceptors (Lipinski definition) is 4. The van der Waals surface area contributed by atoms with E-state index in [0.29, 0.717) is 10.7 Å². The maximum Gasteiger partial charge on any atom is 0.257 e. The van der Waals surface area contributed by atoms with Crippen LogP contribution < -0.4 is 5.32 Å². The molecule has 5 rings (SSSR count). The first kappa shape index (κ1) is 22.8. The Hall–Kier alpha value is -3.02. The van der Waals surface area contributed by atoms with Crippen LogP contribution in [-0.4, -0.2) is 22.3 Å². The van der Waals surface area contributed by atoms with Crippen LogP contribution in [0, 0.1) is 5.92 Å². The molecule has 0 radical (unpaired) electrons. The minimum absolute atomic E-state index is 0.116. The molecule has 0 saturated heterocycles. The van der Waals surface area contributed by atoms with Crippen molar-refractivity contribution in [2.45, 2.75) is 45.2 Å². The van der Waals surface area contributed by atoms with Gasteiger partial charge >= 0.3 is 0 Å². The number of nitrogens with zero attached hydrogens (tertiary/aromatic N) is 2. The van der Waals surface area contributed by atoms with Crippen molar-refractivity contribution in [2.24, 2.45) is 5.92 Å². The minimum Gasteiger partial charge on any atom is -0.298 e. The zero-order valence-electron chi connectivity index (χ0n) is 19.5. The normalized spacial score (nSPS) is 14.5. The van der Waals surface area contributed by atoms with Gasteiger partial charge in [0, 0.05) is 30.6 Å². The summed E-state index contributed by atoms with van der Waals surface area (Å²) in [6, 6.07) is 24.6. The van der Waals surface area contributed by atoms with Gasteiger partial charge in [-0.2, -0.15) is 0 Å². The first-order valence-electron chi connectivity index (χ1n) is 12.2. The molecule has 1 N–H and O–H groups in total. The van der Waals surface area contributed by atoms with Gasteiger partial charge in [-0.05, 0) is 47.2 Å². The fourth-order valence-corrected chi connectivity index (χ4v) is 5.62. The Morgan fingerprint density at radius 2 is 1.68 bits per heavy atom. The molecular weight excluding hydrogens is 438 g/mol. The number of anilines is 1. The van der Waals surface area contributed by atoms with Gasteiger partial charge in [0.05, 0.1) is 5.69 Å². The van der Waals surface area contributed by atoms with E-state index in [2.05, 4.69) is 52.0 Å². The average Bonchev–Trinajstić information content (AvgIpc) is 3.31. The molecule has 1 fully saturated rings. The lowest BCUT2D eigenvalue weighted by Crippen LogP contribution is -2.30. The van der Waals surface area contributed by atoms with E-state index in [1.54, 1.807) is 0 Å². The molecule has 1 aliphatic rings. The van der Waals surface area contributed by atoms with Gasteiger partial charge in [0.1, 0.15) is 0 Å². The molecule has 5 heteroatoms. The molecule has 174 valence electrons. The summed E-state index contributed by atoms with van der Waals surface area (Å²) in [5, 5.41) is 7.93. The maximum atomic E-state index is 12.8. The molecule has 1 heterocycles. The number of thiazole rings is 1. The summed E-state index contributed by atoms with van der Waals surface area (Å²) < 4.78 is 0. The zero-order chi connectivity index (χ0) is 23.2. The third-order valence-electron chi connectivity index (χ3n) is 6.66. The molecule has 0 aliphatic heterocycles. The molecule has 0 unspecified atom stereocenters. The molecule has 4 aromatic rings. The minimum atomic E-state index is -0.116. The lowest BCUT2D eigenvalue weighted by molar-refractivity contribution is 0.102. The number of carbonyl (C=O) groups excluding carboxylic acids is 1. The highest BCUT2D eigenvalue weighted by Gasteiger charge is 2.19. The first-order chi connectivity index (χ1) is 16.7. The number of benzene rings is 3. The molecule has 0 atom stereocenters. The Balaban J connectivity index is 1.25. The van der Waals surface area contributed by atoms with E-state index in [-0.39, 0.29) is 5.91 Å². The van der Waals surface area contributed by atoms with Crippen LogP contribution >= 0.6 is 11.3 Å². The van der Waals surface area contributed by atoms with Gasteiger partial charge in [0.15, 0.2) is 5.13 Å². The highest BCUT2D eigenvalue weighted by atomic mass is 32.1. The number of carbonyl (C=O) groups is 1.